The van der Waals surface area contributed by atoms with E-state index in [0.717, 1.165) is 27.8 Å². The highest BCUT2D eigenvalue weighted by molar-refractivity contribution is 5.81. The summed E-state index contributed by atoms with van der Waals surface area (Å²) < 4.78 is 71.1. The first-order valence-electron chi connectivity index (χ1n) is 26.1. The Balaban J connectivity index is 1.25. The first-order chi connectivity index (χ1) is 37.7. The molecule has 2 fully saturated rings. The number of amides is 3. The Kier molecular flexibility index (Phi) is 22.7. The number of methoxy groups -OCH3 is 1. The maximum atomic E-state index is 13.4. The van der Waals surface area contributed by atoms with E-state index in [9.17, 15) is 19.2 Å². The van der Waals surface area contributed by atoms with E-state index >= 15 is 0 Å². The molecule has 0 aromatic heterocycles. The fraction of sp³-hybridized carbons (Fsp3) is 0.433. The van der Waals surface area contributed by atoms with Gasteiger partial charge in [0.25, 0.3) is 0 Å². The Morgan fingerprint density at radius 1 is 0.487 bits per heavy atom. The van der Waals surface area contributed by atoms with Crippen LogP contribution in [0.1, 0.15) is 62.4 Å². The van der Waals surface area contributed by atoms with E-state index in [4.69, 9.17) is 52.1 Å². The average molecular weight is 1080 g/mol. The number of rotatable bonds is 26. The second-order valence-corrected chi connectivity index (χ2v) is 20.0. The molecule has 2 heterocycles. The third-order valence-electron chi connectivity index (χ3n) is 12.6. The number of carbonyl (C=O) groups is 4. The molecule has 0 saturated carbocycles. The SMILES string of the molecule is COC(=O)[C@H](CO[C@H]1O[C@H](CO[C@H]2O[C@H](COCc3ccccc3)[C@H](OCc3ccccc3)[C@H](OCc3ccccc3)[C@H]2NC(C)=O)[C@H](OCc2ccccc2)[C@H](OCc2ccccc2)[C@H]1NC(C)=O)NC(=O)OC(C)(C)C. The van der Waals surface area contributed by atoms with Gasteiger partial charge in [-0.05, 0) is 48.6 Å². The van der Waals surface area contributed by atoms with Crippen molar-refractivity contribution in [3.8, 4) is 0 Å². The Bertz CT molecular complexity index is 2580. The maximum Gasteiger partial charge on any atom is 0.408 e. The number of hydrogen-bond acceptors (Lipinski definition) is 15. The zero-order valence-electron chi connectivity index (χ0n) is 45.1. The minimum atomic E-state index is -1.38. The lowest BCUT2D eigenvalue weighted by Crippen LogP contribution is -2.68. The molecule has 3 N–H and O–H groups in total. The van der Waals surface area contributed by atoms with Gasteiger partial charge in [-0.25, -0.2) is 9.59 Å². The van der Waals surface area contributed by atoms with Crippen molar-refractivity contribution in [1.82, 2.24) is 16.0 Å². The molecule has 3 amide bonds. The molecule has 418 valence electrons. The Morgan fingerprint density at radius 3 is 1.22 bits per heavy atom. The molecule has 18 heteroatoms. The fourth-order valence-corrected chi connectivity index (χ4v) is 9.01. The summed E-state index contributed by atoms with van der Waals surface area (Å²) >= 11 is 0. The van der Waals surface area contributed by atoms with E-state index in [1.165, 1.54) is 21.0 Å². The summed E-state index contributed by atoms with van der Waals surface area (Å²) in [6.45, 7) is 7.83. The smallest absolute Gasteiger partial charge is 0.408 e. The topological polar surface area (TPSA) is 206 Å². The van der Waals surface area contributed by atoms with Crippen molar-refractivity contribution in [2.24, 2.45) is 0 Å². The molecule has 0 unspecified atom stereocenters. The van der Waals surface area contributed by atoms with E-state index in [1.807, 2.05) is 152 Å². The van der Waals surface area contributed by atoms with Crippen LogP contribution in [0.3, 0.4) is 0 Å². The van der Waals surface area contributed by atoms with Gasteiger partial charge in [0.2, 0.25) is 11.8 Å². The standard InChI is InChI=1S/C60H73N3O15/c1-40(64)61-50-55(73-36-46-30-20-11-21-31-46)53(71-34-44-26-16-9-17-27-44)49(77-57(50)74-37-47(56(66)68-6)63-59(67)78-60(3,4)5)39-75-58-51(62-41(2)65)54(72-35-45-28-18-10-19-29-45)52(70-33-43-24-14-8-15-25-43)48(76-58)38-69-32-42-22-12-7-13-23-42/h7-31,47-55,57-58H,32-39H2,1-6H3,(H,61,64)(H,62,65)(H,63,67)/t47-,48+,49+,50+,51+,52-,53-,54+,55+,57-,58-/m0/s1. The summed E-state index contributed by atoms with van der Waals surface area (Å²) in [4.78, 5) is 52.8. The minimum Gasteiger partial charge on any atom is -0.467 e. The second-order valence-electron chi connectivity index (χ2n) is 20.0. The van der Waals surface area contributed by atoms with Crippen LogP contribution in [-0.4, -0.2) is 124 Å². The van der Waals surface area contributed by atoms with E-state index in [0.29, 0.717) is 0 Å². The van der Waals surface area contributed by atoms with E-state index in [2.05, 4.69) is 16.0 Å². The highest BCUT2D eigenvalue weighted by atomic mass is 16.7. The normalized spacial score (nSPS) is 23.6. The lowest BCUT2D eigenvalue weighted by molar-refractivity contribution is -0.319. The van der Waals surface area contributed by atoms with Gasteiger partial charge >= 0.3 is 12.1 Å². The van der Waals surface area contributed by atoms with Crippen molar-refractivity contribution < 1.29 is 71.3 Å². The molecule has 7 rings (SSSR count). The third-order valence-corrected chi connectivity index (χ3v) is 12.6. The zero-order valence-corrected chi connectivity index (χ0v) is 45.1. The van der Waals surface area contributed by atoms with E-state index < -0.39 is 97.5 Å². The van der Waals surface area contributed by atoms with Gasteiger partial charge in [0, 0.05) is 13.8 Å². The van der Waals surface area contributed by atoms with Gasteiger partial charge < -0.3 is 68.1 Å². The second kappa shape index (κ2) is 30.0. The number of alkyl carbamates (subject to hydrolysis) is 1. The molecule has 0 bridgehead atoms. The first kappa shape index (κ1) is 59.1. The Hall–Kier alpha value is -6.58. The van der Waals surface area contributed by atoms with E-state index in [1.54, 1.807) is 20.8 Å². The highest BCUT2D eigenvalue weighted by Crippen LogP contribution is 2.33. The first-order valence-corrected chi connectivity index (χ1v) is 26.1. The van der Waals surface area contributed by atoms with Crippen LogP contribution in [0.15, 0.2) is 152 Å². The van der Waals surface area contributed by atoms with Crippen LogP contribution in [0, 0.1) is 0 Å². The summed E-state index contributed by atoms with van der Waals surface area (Å²) in [5.74, 6) is -1.66. The van der Waals surface area contributed by atoms with Crippen LogP contribution in [0.25, 0.3) is 0 Å². The van der Waals surface area contributed by atoms with Crippen LogP contribution in [0.2, 0.25) is 0 Å². The summed E-state index contributed by atoms with van der Waals surface area (Å²) in [7, 11) is 1.18. The summed E-state index contributed by atoms with van der Waals surface area (Å²) in [6.07, 6.45) is -9.09. The third kappa shape index (κ3) is 18.5. The van der Waals surface area contributed by atoms with Gasteiger partial charge in [0.15, 0.2) is 18.6 Å². The number of esters is 1. The van der Waals surface area contributed by atoms with Crippen molar-refractivity contribution in [2.75, 3.05) is 26.9 Å². The van der Waals surface area contributed by atoms with Crippen LogP contribution in [-0.2, 0) is 99.5 Å². The molecular formula is C60H73N3O15. The number of nitrogens with one attached hydrogen (secondary N) is 3. The molecule has 18 nitrogen and oxygen atoms in total. The number of ether oxygens (including phenoxy) is 11. The summed E-state index contributed by atoms with van der Waals surface area (Å²) in [5, 5.41) is 8.56. The van der Waals surface area contributed by atoms with Gasteiger partial charge in [0.05, 0.1) is 60.0 Å². The molecule has 11 atom stereocenters. The molecule has 78 heavy (non-hydrogen) atoms. The molecule has 0 spiro atoms. The number of carbonyl (C=O) groups excluding carboxylic acids is 4. The number of benzene rings is 5. The molecule has 2 aliphatic heterocycles. The predicted molar refractivity (Wildman–Crippen MR) is 286 cm³/mol. The van der Waals surface area contributed by atoms with Crippen LogP contribution in [0.5, 0.6) is 0 Å². The summed E-state index contributed by atoms with van der Waals surface area (Å²) in [5.41, 5.74) is 3.51. The van der Waals surface area contributed by atoms with Crippen LogP contribution in [0.4, 0.5) is 4.79 Å². The number of hydrogen-bond donors (Lipinski definition) is 3. The molecule has 2 aliphatic rings. The van der Waals surface area contributed by atoms with Crippen molar-refractivity contribution in [3.05, 3.63) is 179 Å². The van der Waals surface area contributed by atoms with Crippen molar-refractivity contribution >= 4 is 23.9 Å². The monoisotopic (exact) mass is 1080 g/mol. The molecule has 2 saturated heterocycles. The molecular weight excluding hydrogens is 1000 g/mol. The highest BCUT2D eigenvalue weighted by Gasteiger charge is 2.52. The van der Waals surface area contributed by atoms with E-state index in [-0.39, 0.29) is 52.2 Å². The largest absolute Gasteiger partial charge is 0.467 e. The van der Waals surface area contributed by atoms with Gasteiger partial charge in [-0.1, -0.05) is 152 Å². The minimum absolute atomic E-state index is 0.0390. The molecule has 0 aliphatic carbocycles. The van der Waals surface area contributed by atoms with Crippen molar-refractivity contribution in [3.63, 3.8) is 0 Å². The van der Waals surface area contributed by atoms with Crippen molar-refractivity contribution in [2.45, 2.75) is 141 Å². The molecule has 5 aromatic rings. The van der Waals surface area contributed by atoms with Gasteiger partial charge in [-0.3, -0.25) is 9.59 Å². The fourth-order valence-electron chi connectivity index (χ4n) is 9.01. The van der Waals surface area contributed by atoms with Crippen molar-refractivity contribution in [1.29, 1.82) is 0 Å². The van der Waals surface area contributed by atoms with Gasteiger partial charge in [-0.2, -0.15) is 0 Å². The average Bonchev–Trinajstić information content (AvgIpc) is 3.47. The Labute approximate surface area is 456 Å². The summed E-state index contributed by atoms with van der Waals surface area (Å²) in [6, 6.07) is 44.6. The zero-order chi connectivity index (χ0) is 55.3. The molecule has 5 aromatic carbocycles. The van der Waals surface area contributed by atoms with Gasteiger partial charge in [-0.15, -0.1) is 0 Å². The lowest BCUT2D eigenvalue weighted by atomic mass is 9.95. The van der Waals surface area contributed by atoms with Crippen LogP contribution >= 0.6 is 0 Å². The molecule has 0 radical (unpaired) electrons. The Morgan fingerprint density at radius 2 is 0.846 bits per heavy atom. The quantitative estimate of drug-likeness (QED) is 0.0473. The van der Waals surface area contributed by atoms with Crippen LogP contribution < -0.4 is 16.0 Å². The van der Waals surface area contributed by atoms with Gasteiger partial charge in [0.1, 0.15) is 54.3 Å². The predicted octanol–water partition coefficient (Wildman–Crippen LogP) is 7.10. The lowest BCUT2D eigenvalue weighted by Gasteiger charge is -2.48. The maximum absolute atomic E-state index is 13.4.